The first-order valence-electron chi connectivity index (χ1n) is 7.80. The maximum absolute atomic E-state index is 11.9. The van der Waals surface area contributed by atoms with Gasteiger partial charge in [-0.3, -0.25) is 14.4 Å². The molecule has 0 heterocycles. The number of halogens is 3. The summed E-state index contributed by atoms with van der Waals surface area (Å²) in [5.41, 5.74) is 0.938. The van der Waals surface area contributed by atoms with E-state index in [1.165, 1.54) is 0 Å². The summed E-state index contributed by atoms with van der Waals surface area (Å²) >= 11 is 15.1. The molecule has 0 spiro atoms. The second-order valence-corrected chi connectivity index (χ2v) is 7.07. The third-order valence-electron chi connectivity index (χ3n) is 3.27. The highest BCUT2D eigenvalue weighted by Gasteiger charge is 2.12. The lowest BCUT2D eigenvalue weighted by Crippen LogP contribution is -2.21. The largest absolute Gasteiger partial charge is 0.456 e. The highest BCUT2D eigenvalue weighted by atomic mass is 79.9. The topological polar surface area (TPSA) is 84.5 Å². The maximum Gasteiger partial charge on any atom is 0.306 e. The van der Waals surface area contributed by atoms with Crippen molar-refractivity contribution in [3.63, 3.8) is 0 Å². The predicted octanol–water partition coefficient (Wildman–Crippen LogP) is 4.66. The second-order valence-electron chi connectivity index (χ2n) is 5.37. The van der Waals surface area contributed by atoms with Crippen LogP contribution < -0.4 is 10.6 Å². The number of hydrogen-bond donors (Lipinski definition) is 2. The molecule has 0 radical (unpaired) electrons. The van der Waals surface area contributed by atoms with Crippen LogP contribution in [-0.2, 0) is 19.1 Å². The van der Waals surface area contributed by atoms with Gasteiger partial charge in [0.25, 0.3) is 5.91 Å². The van der Waals surface area contributed by atoms with Gasteiger partial charge < -0.3 is 15.4 Å². The van der Waals surface area contributed by atoms with E-state index in [0.717, 1.165) is 4.47 Å². The number of hydrogen-bond acceptors (Lipinski definition) is 4. The van der Waals surface area contributed by atoms with Gasteiger partial charge in [-0.15, -0.1) is 0 Å². The normalized spacial score (nSPS) is 10.2. The monoisotopic (exact) mass is 472 g/mol. The molecule has 0 aliphatic heterocycles. The molecule has 27 heavy (non-hydrogen) atoms. The number of anilines is 2. The van der Waals surface area contributed by atoms with Crippen molar-refractivity contribution in [1.82, 2.24) is 0 Å². The van der Waals surface area contributed by atoms with Crippen LogP contribution in [-0.4, -0.2) is 24.4 Å². The number of amides is 2. The lowest BCUT2D eigenvalue weighted by molar-refractivity contribution is -0.147. The van der Waals surface area contributed by atoms with Gasteiger partial charge in [0.05, 0.1) is 22.2 Å². The quantitative estimate of drug-likeness (QED) is 0.573. The van der Waals surface area contributed by atoms with Gasteiger partial charge in [-0.25, -0.2) is 0 Å². The molecule has 0 aliphatic rings. The molecule has 0 unspecified atom stereocenters. The van der Waals surface area contributed by atoms with Crippen LogP contribution in [0.3, 0.4) is 0 Å². The van der Waals surface area contributed by atoms with Crippen molar-refractivity contribution in [3.8, 4) is 0 Å². The Morgan fingerprint density at radius 2 is 1.63 bits per heavy atom. The molecule has 0 aromatic heterocycles. The molecule has 0 saturated heterocycles. The summed E-state index contributed by atoms with van der Waals surface area (Å²) < 4.78 is 5.73. The van der Waals surface area contributed by atoms with E-state index in [9.17, 15) is 14.4 Å². The number of esters is 1. The molecule has 0 aliphatic carbocycles. The lowest BCUT2D eigenvalue weighted by atomic mass is 10.2. The summed E-state index contributed by atoms with van der Waals surface area (Å²) in [7, 11) is 0. The van der Waals surface area contributed by atoms with Gasteiger partial charge >= 0.3 is 5.97 Å². The van der Waals surface area contributed by atoms with E-state index in [0.29, 0.717) is 16.4 Å². The second kappa shape index (κ2) is 10.3. The Hall–Kier alpha value is -2.09. The van der Waals surface area contributed by atoms with Gasteiger partial charge in [-0.1, -0.05) is 45.2 Å². The summed E-state index contributed by atoms with van der Waals surface area (Å²) in [4.78, 5) is 35.3. The van der Waals surface area contributed by atoms with Crippen LogP contribution >= 0.6 is 39.1 Å². The third-order valence-corrected chi connectivity index (χ3v) is 4.62. The zero-order chi connectivity index (χ0) is 19.8. The van der Waals surface area contributed by atoms with Crippen LogP contribution in [0.1, 0.15) is 12.8 Å². The summed E-state index contributed by atoms with van der Waals surface area (Å²) in [6, 6.07) is 11.8. The molecule has 0 bridgehead atoms. The van der Waals surface area contributed by atoms with Crippen molar-refractivity contribution in [3.05, 3.63) is 57.0 Å². The van der Waals surface area contributed by atoms with Gasteiger partial charge in [0.15, 0.2) is 6.61 Å². The average molecular weight is 474 g/mol. The molecular weight excluding hydrogens is 459 g/mol. The Balaban J connectivity index is 1.70. The zero-order valence-corrected chi connectivity index (χ0v) is 17.0. The van der Waals surface area contributed by atoms with E-state index in [1.54, 1.807) is 42.5 Å². The Kier molecular flexibility index (Phi) is 8.09. The average Bonchev–Trinajstić information content (AvgIpc) is 2.64. The van der Waals surface area contributed by atoms with Crippen molar-refractivity contribution in [2.75, 3.05) is 17.2 Å². The van der Waals surface area contributed by atoms with Crippen molar-refractivity contribution in [1.29, 1.82) is 0 Å². The number of carbonyl (C=O) groups is 3. The van der Waals surface area contributed by atoms with Gasteiger partial charge in [-0.05, 0) is 36.4 Å². The number of benzene rings is 2. The van der Waals surface area contributed by atoms with E-state index in [-0.39, 0.29) is 17.9 Å². The van der Waals surface area contributed by atoms with Crippen molar-refractivity contribution in [2.24, 2.45) is 0 Å². The Labute approximate surface area is 174 Å². The summed E-state index contributed by atoms with van der Waals surface area (Å²) in [6.45, 7) is -0.434. The van der Waals surface area contributed by atoms with E-state index < -0.39 is 24.4 Å². The van der Waals surface area contributed by atoms with Crippen molar-refractivity contribution in [2.45, 2.75) is 12.8 Å². The standard InChI is InChI=1S/C18H15BrCl2N2O4/c19-11-4-6-12(7-5-11)22-16(25)10-27-17(26)9-8-15(24)23-14-3-1-2-13(20)18(14)21/h1-7H,8-10H2,(H,22,25)(H,23,24). The molecule has 9 heteroatoms. The van der Waals surface area contributed by atoms with Crippen LogP contribution in [0.15, 0.2) is 46.9 Å². The summed E-state index contributed by atoms with van der Waals surface area (Å²) in [5, 5.41) is 5.69. The number of rotatable bonds is 7. The third kappa shape index (κ3) is 7.21. The zero-order valence-electron chi connectivity index (χ0n) is 13.9. The van der Waals surface area contributed by atoms with Crippen LogP contribution in [0, 0.1) is 0 Å². The molecule has 0 atom stereocenters. The highest BCUT2D eigenvalue weighted by Crippen LogP contribution is 2.29. The number of ether oxygens (including phenoxy) is 1. The first kappa shape index (κ1) is 21.2. The van der Waals surface area contributed by atoms with E-state index in [1.807, 2.05) is 0 Å². The van der Waals surface area contributed by atoms with E-state index >= 15 is 0 Å². The minimum Gasteiger partial charge on any atom is -0.456 e. The maximum atomic E-state index is 11.9. The van der Waals surface area contributed by atoms with Gasteiger partial charge in [0, 0.05) is 16.6 Å². The van der Waals surface area contributed by atoms with E-state index in [2.05, 4.69) is 26.6 Å². The molecular formula is C18H15BrCl2N2O4. The molecule has 2 rings (SSSR count). The fraction of sp³-hybridized carbons (Fsp3) is 0.167. The van der Waals surface area contributed by atoms with Crippen LogP contribution in [0.5, 0.6) is 0 Å². The lowest BCUT2D eigenvalue weighted by Gasteiger charge is -2.08. The van der Waals surface area contributed by atoms with Crippen LogP contribution in [0.2, 0.25) is 10.0 Å². The van der Waals surface area contributed by atoms with Gasteiger partial charge in [-0.2, -0.15) is 0 Å². The smallest absolute Gasteiger partial charge is 0.306 e. The van der Waals surface area contributed by atoms with Gasteiger partial charge in [0.2, 0.25) is 5.91 Å². The molecule has 2 aromatic rings. The fourth-order valence-corrected chi connectivity index (χ4v) is 2.59. The Morgan fingerprint density at radius 1 is 0.926 bits per heavy atom. The number of nitrogens with one attached hydrogen (secondary N) is 2. The van der Waals surface area contributed by atoms with E-state index in [4.69, 9.17) is 27.9 Å². The number of carbonyl (C=O) groups excluding carboxylic acids is 3. The summed E-state index contributed by atoms with van der Waals surface area (Å²) in [5.74, 6) is -1.55. The molecule has 6 nitrogen and oxygen atoms in total. The van der Waals surface area contributed by atoms with Crippen LogP contribution in [0.25, 0.3) is 0 Å². The molecule has 2 N–H and O–H groups in total. The minimum atomic E-state index is -0.659. The van der Waals surface area contributed by atoms with Crippen molar-refractivity contribution >= 4 is 68.3 Å². The molecule has 2 aromatic carbocycles. The molecule has 0 fully saturated rings. The fourth-order valence-electron chi connectivity index (χ4n) is 1.98. The first-order valence-corrected chi connectivity index (χ1v) is 9.35. The predicted molar refractivity (Wildman–Crippen MR) is 108 cm³/mol. The van der Waals surface area contributed by atoms with Gasteiger partial charge in [0.1, 0.15) is 0 Å². The first-order chi connectivity index (χ1) is 12.8. The van der Waals surface area contributed by atoms with Crippen LogP contribution in [0.4, 0.5) is 11.4 Å². The van der Waals surface area contributed by atoms with Crippen molar-refractivity contribution < 1.29 is 19.1 Å². The minimum absolute atomic E-state index is 0.115. The summed E-state index contributed by atoms with van der Waals surface area (Å²) in [6.07, 6.45) is -0.286. The Bertz CT molecular complexity index is 844. The highest BCUT2D eigenvalue weighted by molar-refractivity contribution is 9.10. The Morgan fingerprint density at radius 3 is 2.33 bits per heavy atom. The SMILES string of the molecule is O=C(COC(=O)CCC(=O)Nc1cccc(Cl)c1Cl)Nc1ccc(Br)cc1. The molecule has 2 amide bonds. The molecule has 142 valence electrons. The molecule has 0 saturated carbocycles.